The lowest BCUT2D eigenvalue weighted by Gasteiger charge is -2.41. The number of rotatable bonds is 4. The summed E-state index contributed by atoms with van der Waals surface area (Å²) in [5.74, 6) is 0.620. The summed E-state index contributed by atoms with van der Waals surface area (Å²) in [6, 6.07) is 10.5. The third-order valence-electron chi connectivity index (χ3n) is 4.86. The number of benzene rings is 1. The molecule has 0 amide bonds. The van der Waals surface area contributed by atoms with Crippen LogP contribution < -0.4 is 10.6 Å². The molecule has 2 N–H and O–H groups in total. The third-order valence-corrected chi connectivity index (χ3v) is 4.86. The number of nitrogens with zero attached hydrogens (tertiary/aromatic N) is 2. The molecule has 1 aromatic rings. The van der Waals surface area contributed by atoms with Crippen molar-refractivity contribution in [3.05, 3.63) is 29.8 Å². The van der Waals surface area contributed by atoms with Gasteiger partial charge in [0.2, 0.25) is 0 Å². The van der Waals surface area contributed by atoms with Crippen LogP contribution in [0.5, 0.6) is 0 Å². The first kappa shape index (κ1) is 13.9. The zero-order valence-corrected chi connectivity index (χ0v) is 12.8. The van der Waals surface area contributed by atoms with Gasteiger partial charge in [-0.3, -0.25) is 4.90 Å². The van der Waals surface area contributed by atoms with E-state index >= 15 is 0 Å². The Morgan fingerprint density at radius 2 is 1.85 bits per heavy atom. The minimum absolute atomic E-state index is 0.539. The molecule has 1 aromatic carbocycles. The van der Waals surface area contributed by atoms with Gasteiger partial charge in [0.1, 0.15) is 0 Å². The maximum Gasteiger partial charge on any atom is 0.0391 e. The van der Waals surface area contributed by atoms with Crippen molar-refractivity contribution in [2.45, 2.75) is 37.8 Å². The van der Waals surface area contributed by atoms with Gasteiger partial charge in [0.15, 0.2) is 0 Å². The highest BCUT2D eigenvalue weighted by molar-refractivity contribution is 5.46. The molecule has 2 atom stereocenters. The van der Waals surface area contributed by atoms with Crippen molar-refractivity contribution in [3.8, 4) is 0 Å². The van der Waals surface area contributed by atoms with Crippen LogP contribution in [-0.4, -0.2) is 38.1 Å². The molecule has 1 aliphatic heterocycles. The van der Waals surface area contributed by atoms with Gasteiger partial charge < -0.3 is 10.6 Å². The topological polar surface area (TPSA) is 32.5 Å². The highest BCUT2D eigenvalue weighted by atomic mass is 15.2. The van der Waals surface area contributed by atoms with Gasteiger partial charge >= 0.3 is 0 Å². The highest BCUT2D eigenvalue weighted by Crippen LogP contribution is 2.42. The maximum absolute atomic E-state index is 6.06. The Morgan fingerprint density at radius 1 is 1.15 bits per heavy atom. The molecular formula is C17H27N3. The van der Waals surface area contributed by atoms with E-state index < -0.39 is 0 Å². The fourth-order valence-corrected chi connectivity index (χ4v) is 3.60. The van der Waals surface area contributed by atoms with Gasteiger partial charge in [0, 0.05) is 31.9 Å². The lowest BCUT2D eigenvalue weighted by Crippen LogP contribution is -2.42. The number of hydrogen-bond acceptors (Lipinski definition) is 3. The zero-order chi connectivity index (χ0) is 14.1. The molecule has 1 saturated heterocycles. The second-order valence-electron chi connectivity index (χ2n) is 6.54. The van der Waals surface area contributed by atoms with E-state index in [0.29, 0.717) is 12.0 Å². The zero-order valence-electron chi connectivity index (χ0n) is 12.8. The van der Waals surface area contributed by atoms with E-state index in [1.165, 1.54) is 43.5 Å². The molecule has 1 heterocycles. The molecular weight excluding hydrogens is 246 g/mol. The van der Waals surface area contributed by atoms with Gasteiger partial charge in [-0.25, -0.2) is 0 Å². The molecule has 110 valence electrons. The summed E-state index contributed by atoms with van der Waals surface area (Å²) in [7, 11) is 4.18. The summed E-state index contributed by atoms with van der Waals surface area (Å²) in [5, 5.41) is 0. The van der Waals surface area contributed by atoms with Crippen LogP contribution in [0, 0.1) is 5.92 Å². The smallest absolute Gasteiger partial charge is 0.0391 e. The standard InChI is InChI=1S/C17H27N3/c1-19(2)15-7-5-13(6-8-15)17-14(12-18)4-3-11-20(17)16-9-10-16/h5-8,14,16-17H,3-4,9-12,18H2,1-2H3. The molecule has 2 aliphatic rings. The summed E-state index contributed by atoms with van der Waals surface area (Å²) in [5.41, 5.74) is 8.78. The van der Waals surface area contributed by atoms with E-state index in [2.05, 4.69) is 48.2 Å². The quantitative estimate of drug-likeness (QED) is 0.915. The van der Waals surface area contributed by atoms with Crippen molar-refractivity contribution in [3.63, 3.8) is 0 Å². The molecule has 1 saturated carbocycles. The van der Waals surface area contributed by atoms with Gasteiger partial charge in [0.25, 0.3) is 0 Å². The fraction of sp³-hybridized carbons (Fsp3) is 0.647. The van der Waals surface area contributed by atoms with Crippen LogP contribution in [0.2, 0.25) is 0 Å². The Morgan fingerprint density at radius 3 is 2.40 bits per heavy atom. The van der Waals surface area contributed by atoms with Gasteiger partial charge in [-0.2, -0.15) is 0 Å². The Balaban J connectivity index is 1.86. The van der Waals surface area contributed by atoms with E-state index in [1.54, 1.807) is 0 Å². The average Bonchev–Trinajstić information content (AvgIpc) is 3.31. The lowest BCUT2D eigenvalue weighted by molar-refractivity contribution is 0.0880. The molecule has 0 radical (unpaired) electrons. The Kier molecular flexibility index (Phi) is 3.99. The molecule has 3 nitrogen and oxygen atoms in total. The molecule has 20 heavy (non-hydrogen) atoms. The lowest BCUT2D eigenvalue weighted by atomic mass is 9.84. The molecule has 0 aromatic heterocycles. The van der Waals surface area contributed by atoms with Crippen LogP contribution in [0.3, 0.4) is 0 Å². The monoisotopic (exact) mass is 273 g/mol. The SMILES string of the molecule is CN(C)c1ccc(C2C(CN)CCCN2C2CC2)cc1. The molecule has 0 spiro atoms. The first-order valence-corrected chi connectivity index (χ1v) is 7.94. The van der Waals surface area contributed by atoms with Crippen molar-refractivity contribution >= 4 is 5.69 Å². The van der Waals surface area contributed by atoms with Gasteiger partial charge in [-0.1, -0.05) is 12.1 Å². The van der Waals surface area contributed by atoms with Crippen LogP contribution in [0.15, 0.2) is 24.3 Å². The van der Waals surface area contributed by atoms with Crippen molar-refractivity contribution in [1.29, 1.82) is 0 Å². The van der Waals surface area contributed by atoms with Gasteiger partial charge in [0.05, 0.1) is 0 Å². The van der Waals surface area contributed by atoms with E-state index in [1.807, 2.05) is 0 Å². The van der Waals surface area contributed by atoms with E-state index in [0.717, 1.165) is 12.6 Å². The third kappa shape index (κ3) is 2.70. The molecule has 2 unspecified atom stereocenters. The van der Waals surface area contributed by atoms with Gasteiger partial charge in [-0.15, -0.1) is 0 Å². The first-order chi connectivity index (χ1) is 9.70. The Bertz CT molecular complexity index is 436. The number of hydrogen-bond donors (Lipinski definition) is 1. The second kappa shape index (κ2) is 5.74. The highest BCUT2D eigenvalue weighted by Gasteiger charge is 2.39. The predicted molar refractivity (Wildman–Crippen MR) is 85.0 cm³/mol. The van der Waals surface area contributed by atoms with E-state index in [9.17, 15) is 0 Å². The summed E-state index contributed by atoms with van der Waals surface area (Å²) in [6.45, 7) is 2.06. The Hall–Kier alpha value is -1.06. The summed E-state index contributed by atoms with van der Waals surface area (Å²) >= 11 is 0. The number of nitrogens with two attached hydrogens (primary N) is 1. The second-order valence-corrected chi connectivity index (χ2v) is 6.54. The number of piperidine rings is 1. The van der Waals surface area contributed by atoms with Crippen molar-refractivity contribution < 1.29 is 0 Å². The molecule has 3 rings (SSSR count). The van der Waals surface area contributed by atoms with E-state index in [4.69, 9.17) is 5.73 Å². The predicted octanol–water partition coefficient (Wildman–Crippen LogP) is 2.63. The summed E-state index contributed by atoms with van der Waals surface area (Å²) in [6.07, 6.45) is 5.34. The maximum atomic E-state index is 6.06. The molecule has 1 aliphatic carbocycles. The largest absolute Gasteiger partial charge is 0.378 e. The minimum Gasteiger partial charge on any atom is -0.378 e. The normalized spacial score (nSPS) is 27.6. The van der Waals surface area contributed by atoms with Crippen molar-refractivity contribution in [2.75, 3.05) is 32.1 Å². The van der Waals surface area contributed by atoms with Gasteiger partial charge in [-0.05, 0) is 62.4 Å². The summed E-state index contributed by atoms with van der Waals surface area (Å²) in [4.78, 5) is 4.88. The molecule has 3 heteroatoms. The van der Waals surface area contributed by atoms with E-state index in [-0.39, 0.29) is 0 Å². The molecule has 0 bridgehead atoms. The van der Waals surface area contributed by atoms with Crippen molar-refractivity contribution in [1.82, 2.24) is 4.90 Å². The number of anilines is 1. The van der Waals surface area contributed by atoms with Crippen LogP contribution >= 0.6 is 0 Å². The minimum atomic E-state index is 0.539. The molecule has 2 fully saturated rings. The summed E-state index contributed by atoms with van der Waals surface area (Å²) < 4.78 is 0. The Labute approximate surface area is 122 Å². The van der Waals surface area contributed by atoms with Crippen LogP contribution in [-0.2, 0) is 0 Å². The van der Waals surface area contributed by atoms with Crippen LogP contribution in [0.1, 0.15) is 37.3 Å². The van der Waals surface area contributed by atoms with Crippen LogP contribution in [0.25, 0.3) is 0 Å². The first-order valence-electron chi connectivity index (χ1n) is 7.94. The van der Waals surface area contributed by atoms with Crippen molar-refractivity contribution in [2.24, 2.45) is 11.7 Å². The fourth-order valence-electron chi connectivity index (χ4n) is 3.60. The van der Waals surface area contributed by atoms with Crippen LogP contribution in [0.4, 0.5) is 5.69 Å². The average molecular weight is 273 g/mol. The number of likely N-dealkylation sites (tertiary alicyclic amines) is 1.